The summed E-state index contributed by atoms with van der Waals surface area (Å²) in [5, 5.41) is 10.1. The van der Waals surface area contributed by atoms with Crippen LogP contribution in [0.2, 0.25) is 0 Å². The molecule has 0 saturated carbocycles. The minimum absolute atomic E-state index is 1.16. The Morgan fingerprint density at radius 3 is 2.43 bits per heavy atom. The molecule has 0 bridgehead atoms. The first-order valence-corrected chi connectivity index (χ1v) is 1.92. The molecule has 7 heavy (non-hydrogen) atoms. The maximum absolute atomic E-state index is 10.1. The molecular weight excluding hydrogens is 92.1 g/mol. The lowest BCUT2D eigenvalue weighted by Gasteiger charge is -1.90. The van der Waals surface area contributed by atoms with Crippen molar-refractivity contribution in [2.45, 2.75) is 13.2 Å². The van der Waals surface area contributed by atoms with Crippen molar-refractivity contribution >= 4 is 0 Å². The van der Waals surface area contributed by atoms with Gasteiger partial charge in [0, 0.05) is 7.11 Å². The van der Waals surface area contributed by atoms with E-state index in [0.717, 1.165) is 0 Å². The average molecular weight is 99.1 g/mol. The lowest BCUT2D eigenvalue weighted by molar-refractivity contribution is -0.0754. The first-order valence-electron chi connectivity index (χ1n) is 1.92. The van der Waals surface area contributed by atoms with Crippen LogP contribution in [-0.2, 0) is 9.84 Å². The number of hydrogen-bond donors (Lipinski definition) is 0. The fourth-order valence-corrected chi connectivity index (χ4v) is 0.177. The van der Waals surface area contributed by atoms with Gasteiger partial charge in [-0.05, 0) is 12.8 Å². The van der Waals surface area contributed by atoms with Gasteiger partial charge in [-0.15, -0.1) is 5.92 Å². The summed E-state index contributed by atoms with van der Waals surface area (Å²) in [6.07, 6.45) is -1.16. The number of rotatable bonds is 1. The van der Waals surface area contributed by atoms with Gasteiger partial charge in [0.2, 0.25) is 0 Å². The minimum atomic E-state index is -1.16. The van der Waals surface area contributed by atoms with Crippen molar-refractivity contribution in [2.75, 3.05) is 7.11 Å². The van der Waals surface area contributed by atoms with Crippen LogP contribution in [0.4, 0.5) is 0 Å². The van der Waals surface area contributed by atoms with Crippen LogP contribution in [-0.4, -0.2) is 13.4 Å². The molecule has 39 valence electrons. The molecule has 0 aliphatic rings. The van der Waals surface area contributed by atoms with Gasteiger partial charge in [0.1, 0.15) is 0 Å². The van der Waals surface area contributed by atoms with Gasteiger partial charge in [0.15, 0.2) is 0 Å². The highest BCUT2D eigenvalue weighted by Crippen LogP contribution is 1.77. The largest absolute Gasteiger partial charge is 0.343 e. The second-order valence-electron chi connectivity index (χ2n) is 0.962. The smallest absolute Gasteiger partial charge is 0.254 e. The molecule has 2 heteroatoms. The summed E-state index contributed by atoms with van der Waals surface area (Å²) in [6.45, 7) is 1.60. The molecule has 0 aromatic rings. The Bertz CT molecular complexity index is 88.0. The van der Waals surface area contributed by atoms with Crippen molar-refractivity contribution in [1.82, 2.24) is 0 Å². The Hall–Kier alpha value is -0.520. The molecule has 2 nitrogen and oxygen atoms in total. The Morgan fingerprint density at radius 2 is 2.29 bits per heavy atom. The monoisotopic (exact) mass is 99.0 g/mol. The van der Waals surface area contributed by atoms with Crippen molar-refractivity contribution in [3.8, 4) is 11.8 Å². The minimum Gasteiger partial charge on any atom is -0.343 e. The molecule has 0 N–H and O–H groups in total. The van der Waals surface area contributed by atoms with E-state index in [1.54, 1.807) is 6.92 Å². The van der Waals surface area contributed by atoms with E-state index in [1.807, 2.05) is 0 Å². The molecule has 0 amide bonds. The summed E-state index contributed by atoms with van der Waals surface area (Å²) in [6, 6.07) is 0. The summed E-state index contributed by atoms with van der Waals surface area (Å²) in [5.41, 5.74) is 0. The maximum Gasteiger partial charge on any atom is 0.254 e. The molecule has 0 heterocycles. The van der Waals surface area contributed by atoms with Gasteiger partial charge < -0.3 is 4.74 Å². The lowest BCUT2D eigenvalue weighted by atomic mass is 10.6. The van der Waals surface area contributed by atoms with Crippen LogP contribution in [0.1, 0.15) is 6.92 Å². The van der Waals surface area contributed by atoms with Crippen LogP contribution >= 0.6 is 0 Å². The fraction of sp³-hybridized carbons (Fsp3) is 0.600. The Labute approximate surface area is 43.1 Å². The third-order valence-corrected chi connectivity index (χ3v) is 0.476. The first kappa shape index (κ1) is 6.48. The summed E-state index contributed by atoms with van der Waals surface area (Å²) < 4.78 is 4.26. The lowest BCUT2D eigenvalue weighted by Crippen LogP contribution is -2.01. The molecule has 0 spiro atoms. The molecule has 0 saturated heterocycles. The van der Waals surface area contributed by atoms with E-state index in [9.17, 15) is 5.11 Å². The van der Waals surface area contributed by atoms with Crippen LogP contribution in [0.15, 0.2) is 0 Å². The highest BCUT2D eigenvalue weighted by Gasteiger charge is 1.90. The van der Waals surface area contributed by atoms with Crippen molar-refractivity contribution in [3.63, 3.8) is 0 Å². The van der Waals surface area contributed by atoms with Crippen LogP contribution in [0.3, 0.4) is 0 Å². The van der Waals surface area contributed by atoms with Gasteiger partial charge in [-0.3, -0.25) is 0 Å². The summed E-state index contributed by atoms with van der Waals surface area (Å²) in [7, 11) is 1.34. The molecule has 0 fully saturated rings. The number of methoxy groups -OCH3 is 1. The van der Waals surface area contributed by atoms with Crippen molar-refractivity contribution in [2.24, 2.45) is 0 Å². The zero-order chi connectivity index (χ0) is 5.70. The molecule has 0 aromatic heterocycles. The topological polar surface area (TPSA) is 29.1 Å². The SMILES string of the molecule is CC#CC([O])OC. The third-order valence-electron chi connectivity index (χ3n) is 0.476. The van der Waals surface area contributed by atoms with Crippen molar-refractivity contribution < 1.29 is 9.84 Å². The van der Waals surface area contributed by atoms with Crippen molar-refractivity contribution in [3.05, 3.63) is 0 Å². The summed E-state index contributed by atoms with van der Waals surface area (Å²) in [5.74, 6) is 4.70. The highest BCUT2D eigenvalue weighted by atomic mass is 16.6. The second kappa shape index (κ2) is 3.66. The van der Waals surface area contributed by atoms with Crippen LogP contribution < -0.4 is 0 Å². The van der Waals surface area contributed by atoms with E-state index in [4.69, 9.17) is 0 Å². The highest BCUT2D eigenvalue weighted by molar-refractivity contribution is 4.97. The molecule has 1 radical (unpaired) electrons. The van der Waals surface area contributed by atoms with Gasteiger partial charge in [-0.1, -0.05) is 0 Å². The quantitative estimate of drug-likeness (QED) is 0.346. The van der Waals surface area contributed by atoms with E-state index >= 15 is 0 Å². The number of ether oxygens (including phenoxy) is 1. The van der Waals surface area contributed by atoms with Crippen LogP contribution in [0.25, 0.3) is 0 Å². The van der Waals surface area contributed by atoms with Crippen LogP contribution in [0.5, 0.6) is 0 Å². The van der Waals surface area contributed by atoms with Gasteiger partial charge >= 0.3 is 0 Å². The predicted molar refractivity (Wildman–Crippen MR) is 24.9 cm³/mol. The van der Waals surface area contributed by atoms with Gasteiger partial charge in [-0.25, -0.2) is 0 Å². The molecular formula is C5H7O2. The fourth-order valence-electron chi connectivity index (χ4n) is 0.177. The molecule has 0 rings (SSSR count). The predicted octanol–water partition coefficient (Wildman–Crippen LogP) is 0.413. The van der Waals surface area contributed by atoms with E-state index in [1.165, 1.54) is 7.11 Å². The Morgan fingerprint density at radius 1 is 1.71 bits per heavy atom. The standard InChI is InChI=1S/C5H7O2/c1-3-4-5(6)7-2/h5H,1-2H3. The van der Waals surface area contributed by atoms with E-state index in [0.29, 0.717) is 0 Å². The second-order valence-corrected chi connectivity index (χ2v) is 0.962. The van der Waals surface area contributed by atoms with Gasteiger partial charge in [0.05, 0.1) is 0 Å². The zero-order valence-electron chi connectivity index (χ0n) is 4.39. The van der Waals surface area contributed by atoms with Crippen LogP contribution in [0, 0.1) is 11.8 Å². The first-order chi connectivity index (χ1) is 3.31. The third kappa shape index (κ3) is 3.31. The molecule has 0 aliphatic heterocycles. The average Bonchev–Trinajstić information content (AvgIpc) is 1.68. The van der Waals surface area contributed by atoms with E-state index in [2.05, 4.69) is 16.6 Å². The zero-order valence-corrected chi connectivity index (χ0v) is 4.39. The number of hydrogen-bond acceptors (Lipinski definition) is 1. The van der Waals surface area contributed by atoms with E-state index < -0.39 is 6.29 Å². The van der Waals surface area contributed by atoms with Gasteiger partial charge in [0.25, 0.3) is 6.29 Å². The summed E-state index contributed by atoms with van der Waals surface area (Å²) >= 11 is 0. The normalized spacial score (nSPS) is 11.9. The van der Waals surface area contributed by atoms with Gasteiger partial charge in [-0.2, -0.15) is 5.11 Å². The van der Waals surface area contributed by atoms with E-state index in [-0.39, 0.29) is 0 Å². The molecule has 1 unspecified atom stereocenters. The Kier molecular flexibility index (Phi) is 3.39. The maximum atomic E-state index is 10.1. The molecule has 0 aliphatic carbocycles. The Balaban J connectivity index is 3.29. The molecule has 0 aromatic carbocycles. The van der Waals surface area contributed by atoms with Crippen molar-refractivity contribution in [1.29, 1.82) is 0 Å². The molecule has 1 atom stereocenters. The summed E-state index contributed by atoms with van der Waals surface area (Å²) in [4.78, 5) is 0.